The van der Waals surface area contributed by atoms with Gasteiger partial charge in [-0.15, -0.1) is 0 Å². The highest BCUT2D eigenvalue weighted by atomic mass is 32.2. The van der Waals surface area contributed by atoms with Gasteiger partial charge < -0.3 is 10.6 Å². The molecule has 1 heterocycles. The fourth-order valence-corrected chi connectivity index (χ4v) is 7.81. The minimum absolute atomic E-state index is 0.0967. The Hall–Kier alpha value is -3.75. The summed E-state index contributed by atoms with van der Waals surface area (Å²) >= 11 is 0. The molecule has 3 aromatic carbocycles. The second-order valence-electron chi connectivity index (χ2n) is 11.3. The van der Waals surface area contributed by atoms with E-state index in [-0.39, 0.29) is 22.8 Å². The quantitative estimate of drug-likeness (QED) is 0.363. The van der Waals surface area contributed by atoms with Crippen molar-refractivity contribution in [2.75, 3.05) is 6.54 Å². The molecule has 1 atom stereocenters. The third kappa shape index (κ3) is 6.03. The van der Waals surface area contributed by atoms with Gasteiger partial charge in [-0.3, -0.25) is 9.59 Å². The number of carbonyl (C=O) groups is 2. The highest BCUT2D eigenvalue weighted by Crippen LogP contribution is 2.44. The van der Waals surface area contributed by atoms with Gasteiger partial charge in [0.15, 0.2) is 0 Å². The number of amides is 2. The van der Waals surface area contributed by atoms with Gasteiger partial charge in [0, 0.05) is 23.7 Å². The zero-order valence-corrected chi connectivity index (χ0v) is 24.3. The molecule has 3 aromatic rings. The zero-order chi connectivity index (χ0) is 29.1. The third-order valence-electron chi connectivity index (χ3n) is 7.55. The number of nitrogens with zero attached hydrogens (tertiary/aromatic N) is 1. The smallest absolute Gasteiger partial charge is 0.251 e. The van der Waals surface area contributed by atoms with Gasteiger partial charge in [0.25, 0.3) is 5.91 Å². The molecule has 2 N–H and O–H groups in total. The monoisotopic (exact) mass is 559 g/mol. The predicted octanol–water partition coefficient (Wildman–Crippen LogP) is 4.95. The molecule has 0 aliphatic carbocycles. The molecule has 0 aromatic heterocycles. The molecule has 8 heteroatoms. The van der Waals surface area contributed by atoms with Crippen molar-refractivity contribution in [3.05, 3.63) is 103 Å². The summed E-state index contributed by atoms with van der Waals surface area (Å²) in [5, 5.41) is 5.79. The van der Waals surface area contributed by atoms with Crippen LogP contribution in [0.25, 0.3) is 11.1 Å². The van der Waals surface area contributed by atoms with Crippen molar-refractivity contribution >= 4 is 21.8 Å². The Balaban J connectivity index is 1.40. The third-order valence-corrected chi connectivity index (χ3v) is 9.86. The van der Waals surface area contributed by atoms with Crippen LogP contribution in [0.1, 0.15) is 50.0 Å². The molecule has 210 valence electrons. The fraction of sp³-hybridized carbons (Fsp3) is 0.312. The first kappa shape index (κ1) is 29.2. The first-order valence-electron chi connectivity index (χ1n) is 13.4. The Morgan fingerprint density at radius 2 is 1.52 bits per heavy atom. The van der Waals surface area contributed by atoms with Crippen molar-refractivity contribution in [1.82, 2.24) is 14.9 Å². The van der Waals surface area contributed by atoms with Crippen LogP contribution < -0.4 is 10.6 Å². The lowest BCUT2D eigenvalue weighted by molar-refractivity contribution is -0.117. The highest BCUT2D eigenvalue weighted by Gasteiger charge is 2.57. The van der Waals surface area contributed by atoms with Crippen LogP contribution in [0.3, 0.4) is 0 Å². The summed E-state index contributed by atoms with van der Waals surface area (Å²) < 4.78 is 29.0. The molecule has 7 nitrogen and oxygen atoms in total. The molecule has 1 unspecified atom stereocenters. The summed E-state index contributed by atoms with van der Waals surface area (Å²) in [7, 11) is -3.92. The van der Waals surface area contributed by atoms with E-state index in [0.29, 0.717) is 24.9 Å². The van der Waals surface area contributed by atoms with Crippen LogP contribution in [-0.4, -0.2) is 48.2 Å². The number of sulfonamides is 1. The molecular formula is C32H37N3O4S. The van der Waals surface area contributed by atoms with E-state index in [4.69, 9.17) is 0 Å². The van der Waals surface area contributed by atoms with E-state index in [2.05, 4.69) is 53.6 Å². The lowest BCUT2D eigenvalue weighted by Crippen LogP contribution is -2.56. The van der Waals surface area contributed by atoms with Gasteiger partial charge in [0.1, 0.15) is 0 Å². The van der Waals surface area contributed by atoms with Crippen molar-refractivity contribution in [2.45, 2.75) is 62.6 Å². The molecule has 0 saturated carbocycles. The first-order chi connectivity index (χ1) is 18.9. The molecule has 40 heavy (non-hydrogen) atoms. The van der Waals surface area contributed by atoms with Crippen molar-refractivity contribution in [3.63, 3.8) is 0 Å². The van der Waals surface area contributed by atoms with Gasteiger partial charge in [-0.2, -0.15) is 4.31 Å². The number of rotatable bonds is 9. The average Bonchev–Trinajstić information content (AvgIpc) is 3.12. The zero-order valence-electron chi connectivity index (χ0n) is 23.5. The highest BCUT2D eigenvalue weighted by molar-refractivity contribution is 7.89. The molecule has 0 bridgehead atoms. The molecule has 0 spiro atoms. The summed E-state index contributed by atoms with van der Waals surface area (Å²) in [4.78, 5) is 24.8. The van der Waals surface area contributed by atoms with E-state index < -0.39 is 21.1 Å². The summed E-state index contributed by atoms with van der Waals surface area (Å²) in [6, 6.07) is 24.0. The Morgan fingerprint density at radius 3 is 2.12 bits per heavy atom. The van der Waals surface area contributed by atoms with Gasteiger partial charge in [0.05, 0.1) is 10.4 Å². The number of carbonyl (C=O) groups excluding carboxylic acids is 2. The molecule has 0 radical (unpaired) electrons. The van der Waals surface area contributed by atoms with Crippen LogP contribution in [0.4, 0.5) is 0 Å². The summed E-state index contributed by atoms with van der Waals surface area (Å²) in [6.07, 6.45) is 2.32. The second-order valence-corrected chi connectivity index (χ2v) is 13.1. The maximum atomic E-state index is 13.8. The lowest BCUT2D eigenvalue weighted by Gasteiger charge is -2.40. The topological polar surface area (TPSA) is 95.6 Å². The maximum absolute atomic E-state index is 13.8. The van der Waals surface area contributed by atoms with Gasteiger partial charge in [-0.25, -0.2) is 8.42 Å². The minimum Gasteiger partial charge on any atom is -0.352 e. The van der Waals surface area contributed by atoms with E-state index in [9.17, 15) is 18.0 Å². The summed E-state index contributed by atoms with van der Waals surface area (Å²) in [5.41, 5.74) is 2.17. The van der Waals surface area contributed by atoms with Crippen molar-refractivity contribution in [1.29, 1.82) is 0 Å². The number of nitrogens with one attached hydrogen (secondary N) is 2. The predicted molar refractivity (Wildman–Crippen MR) is 158 cm³/mol. The number of benzene rings is 3. The van der Waals surface area contributed by atoms with Crippen molar-refractivity contribution in [3.8, 4) is 11.1 Å². The average molecular weight is 560 g/mol. The molecule has 1 saturated heterocycles. The maximum Gasteiger partial charge on any atom is 0.251 e. The Kier molecular flexibility index (Phi) is 8.33. The van der Waals surface area contributed by atoms with E-state index in [1.54, 1.807) is 0 Å². The van der Waals surface area contributed by atoms with Gasteiger partial charge in [0.2, 0.25) is 15.9 Å². The molecule has 1 aliphatic heterocycles. The molecule has 1 fully saturated rings. The molecular weight excluding hydrogens is 522 g/mol. The van der Waals surface area contributed by atoms with Crippen LogP contribution in [-0.2, 0) is 21.2 Å². The number of hydrogen-bond acceptors (Lipinski definition) is 4. The van der Waals surface area contributed by atoms with Gasteiger partial charge in [-0.1, -0.05) is 61.2 Å². The lowest BCUT2D eigenvalue weighted by atomic mass is 9.94. The standard InChI is InChI=1S/C32H37N3O4S/c1-6-29(36)34-28-22-31(2,3)35(32(28,4)5)40(38,39)27-18-16-26(17-19-27)30(37)33-21-20-23-12-14-25(15-13-23)24-10-8-7-9-11-24/h6-19,28H,1,20-22H2,2-5H3,(H,33,37)(H,34,36). The normalized spacial score (nSPS) is 18.1. The van der Waals surface area contributed by atoms with Crippen LogP contribution in [0.5, 0.6) is 0 Å². The van der Waals surface area contributed by atoms with Gasteiger partial charge in [-0.05, 0) is 87.6 Å². The van der Waals surface area contributed by atoms with Crippen molar-refractivity contribution < 1.29 is 18.0 Å². The fourth-order valence-electron chi connectivity index (χ4n) is 5.65. The van der Waals surface area contributed by atoms with E-state index in [1.165, 1.54) is 34.6 Å². The minimum atomic E-state index is -3.92. The SMILES string of the molecule is C=CC(=O)NC1CC(C)(C)N(S(=O)(=O)c2ccc(C(=O)NCCc3ccc(-c4ccccc4)cc3)cc2)C1(C)C. The van der Waals surface area contributed by atoms with Crippen LogP contribution >= 0.6 is 0 Å². The Morgan fingerprint density at radius 1 is 0.925 bits per heavy atom. The van der Waals surface area contributed by atoms with Crippen LogP contribution in [0.15, 0.2) is 96.4 Å². The summed E-state index contributed by atoms with van der Waals surface area (Å²) in [6.45, 7) is 11.3. The van der Waals surface area contributed by atoms with E-state index in [0.717, 1.165) is 16.7 Å². The largest absolute Gasteiger partial charge is 0.352 e. The molecule has 2 amide bonds. The Bertz CT molecular complexity index is 1480. The van der Waals surface area contributed by atoms with Crippen LogP contribution in [0.2, 0.25) is 0 Å². The van der Waals surface area contributed by atoms with E-state index in [1.807, 2.05) is 45.9 Å². The van der Waals surface area contributed by atoms with Crippen molar-refractivity contribution in [2.24, 2.45) is 0 Å². The molecule has 1 aliphatic rings. The summed E-state index contributed by atoms with van der Waals surface area (Å²) in [5.74, 6) is -0.605. The van der Waals surface area contributed by atoms with Crippen LogP contribution in [0, 0.1) is 0 Å². The second kappa shape index (κ2) is 11.4. The number of hydrogen-bond donors (Lipinski definition) is 2. The Labute approximate surface area is 237 Å². The molecule has 4 rings (SSSR count). The van der Waals surface area contributed by atoms with Gasteiger partial charge >= 0.3 is 0 Å². The van der Waals surface area contributed by atoms with E-state index >= 15 is 0 Å². The first-order valence-corrected chi connectivity index (χ1v) is 14.8.